The summed E-state index contributed by atoms with van der Waals surface area (Å²) in [5.74, 6) is 0.729. The summed E-state index contributed by atoms with van der Waals surface area (Å²) in [5, 5.41) is 0. The van der Waals surface area contributed by atoms with Crippen LogP contribution < -0.4 is 0 Å². The molecule has 0 saturated heterocycles. The number of allylic oxidation sites excluding steroid dienone is 1. The molecule has 0 radical (unpaired) electrons. The van der Waals surface area contributed by atoms with Crippen LogP contribution in [0.25, 0.3) is 0 Å². The van der Waals surface area contributed by atoms with Gasteiger partial charge in [-0.15, -0.1) is 0 Å². The van der Waals surface area contributed by atoms with Gasteiger partial charge in [-0.25, -0.2) is 0 Å². The van der Waals surface area contributed by atoms with Crippen LogP contribution in [-0.4, -0.2) is 14.4 Å². The zero-order valence-electron chi connectivity index (χ0n) is 11.9. The van der Waals surface area contributed by atoms with Crippen LogP contribution in [0.4, 0.5) is 0 Å². The molecule has 0 spiro atoms. The van der Waals surface area contributed by atoms with E-state index in [0.29, 0.717) is 0 Å². The van der Waals surface area contributed by atoms with Crippen molar-refractivity contribution in [2.75, 3.05) is 0 Å². The predicted molar refractivity (Wildman–Crippen MR) is 89.2 cm³/mol. The largest absolute Gasteiger partial charge is 0.411 e. The highest BCUT2D eigenvalue weighted by molar-refractivity contribution is 14.1. The maximum Gasteiger partial charge on any atom is 0.187 e. The maximum absolute atomic E-state index is 6.33. The van der Waals surface area contributed by atoms with E-state index in [1.165, 1.54) is 6.04 Å². The summed E-state index contributed by atoms with van der Waals surface area (Å²) in [6.07, 6.45) is 9.00. The minimum absolute atomic E-state index is 0.259. The molecule has 0 N–H and O–H groups in total. The van der Waals surface area contributed by atoms with E-state index in [0.717, 1.165) is 18.8 Å². The molecule has 0 aromatic carbocycles. The van der Waals surface area contributed by atoms with Gasteiger partial charge >= 0.3 is 0 Å². The first kappa shape index (κ1) is 17.4. The van der Waals surface area contributed by atoms with Crippen LogP contribution in [0.5, 0.6) is 0 Å². The lowest BCUT2D eigenvalue weighted by molar-refractivity contribution is 0.239. The van der Waals surface area contributed by atoms with Gasteiger partial charge in [-0.1, -0.05) is 61.6 Å². The van der Waals surface area contributed by atoms with E-state index in [-0.39, 0.29) is 6.10 Å². The quantitative estimate of drug-likeness (QED) is 0.311. The molecule has 1 atom stereocenters. The van der Waals surface area contributed by atoms with Gasteiger partial charge in [0.25, 0.3) is 0 Å². The molecule has 1 unspecified atom stereocenters. The lowest BCUT2D eigenvalue weighted by Crippen LogP contribution is -2.35. The van der Waals surface area contributed by atoms with Gasteiger partial charge in [0.05, 0.1) is 6.10 Å². The van der Waals surface area contributed by atoms with Crippen LogP contribution in [0.15, 0.2) is 22.3 Å². The summed E-state index contributed by atoms with van der Waals surface area (Å²) >= 11 is 2.27. The highest BCUT2D eigenvalue weighted by atomic mass is 127. The van der Waals surface area contributed by atoms with Crippen molar-refractivity contribution in [1.29, 1.82) is 0 Å². The van der Waals surface area contributed by atoms with Gasteiger partial charge in [0.15, 0.2) is 8.32 Å². The highest BCUT2D eigenvalue weighted by Gasteiger charge is 2.26. The molecular formula is C14H27IOSi. The molecule has 0 aliphatic heterocycles. The van der Waals surface area contributed by atoms with Crippen LogP contribution in [0, 0.1) is 5.92 Å². The minimum Gasteiger partial charge on any atom is -0.411 e. The third-order valence-electron chi connectivity index (χ3n) is 2.43. The Morgan fingerprint density at radius 3 is 2.35 bits per heavy atom. The second kappa shape index (κ2) is 9.33. The number of rotatable bonds is 8. The van der Waals surface area contributed by atoms with Gasteiger partial charge < -0.3 is 4.43 Å². The normalized spacial score (nSPS) is 15.2. The first-order chi connectivity index (χ1) is 7.91. The molecular weight excluding hydrogens is 339 g/mol. The molecule has 0 fully saturated rings. The Hall–Kier alpha value is 0.387. The van der Waals surface area contributed by atoms with E-state index in [2.05, 4.69) is 78.8 Å². The van der Waals surface area contributed by atoms with Crippen LogP contribution in [0.3, 0.4) is 0 Å². The summed E-state index contributed by atoms with van der Waals surface area (Å²) in [4.78, 5) is 0. The Morgan fingerprint density at radius 1 is 1.24 bits per heavy atom. The van der Waals surface area contributed by atoms with E-state index >= 15 is 0 Å². The average Bonchev–Trinajstić information content (AvgIpc) is 2.15. The maximum atomic E-state index is 6.33. The Bertz CT molecular complexity index is 247. The average molecular weight is 366 g/mol. The van der Waals surface area contributed by atoms with E-state index in [1.807, 2.05) is 0 Å². The topological polar surface area (TPSA) is 9.23 Å². The van der Waals surface area contributed by atoms with Gasteiger partial charge in [0.1, 0.15) is 0 Å². The van der Waals surface area contributed by atoms with E-state index in [4.69, 9.17) is 4.43 Å². The predicted octanol–water partition coefficient (Wildman–Crippen LogP) is 5.54. The van der Waals surface area contributed by atoms with Crippen molar-refractivity contribution in [2.45, 2.75) is 58.9 Å². The summed E-state index contributed by atoms with van der Waals surface area (Å²) in [6, 6.07) is 1.23. The Kier molecular flexibility index (Phi) is 9.55. The lowest BCUT2D eigenvalue weighted by Gasteiger charge is -2.28. The lowest BCUT2D eigenvalue weighted by atomic mass is 10.2. The second-order valence-electron chi connectivity index (χ2n) is 5.45. The van der Waals surface area contributed by atoms with Crippen LogP contribution >= 0.6 is 22.6 Å². The number of hydrogen-bond donors (Lipinski definition) is 0. The third-order valence-corrected chi connectivity index (χ3v) is 5.58. The second-order valence-corrected chi connectivity index (χ2v) is 10.3. The molecule has 17 heavy (non-hydrogen) atoms. The van der Waals surface area contributed by atoms with E-state index < -0.39 is 8.32 Å². The molecule has 3 heteroatoms. The van der Waals surface area contributed by atoms with Crippen molar-refractivity contribution in [3.8, 4) is 0 Å². The fourth-order valence-corrected chi connectivity index (χ4v) is 5.61. The monoisotopic (exact) mass is 366 g/mol. The van der Waals surface area contributed by atoms with Crippen molar-refractivity contribution >= 4 is 30.9 Å². The Labute approximate surface area is 122 Å². The first-order valence-electron chi connectivity index (χ1n) is 6.51. The SMILES string of the molecule is CC/C=C/CC(/C=C/I)O[Si](C)(C)CC(C)C. The smallest absolute Gasteiger partial charge is 0.187 e. The summed E-state index contributed by atoms with van der Waals surface area (Å²) in [5.41, 5.74) is 0. The minimum atomic E-state index is -1.52. The molecule has 0 heterocycles. The fourth-order valence-electron chi connectivity index (χ4n) is 2.09. The summed E-state index contributed by atoms with van der Waals surface area (Å²) in [7, 11) is -1.52. The first-order valence-corrected chi connectivity index (χ1v) is 10.9. The third kappa shape index (κ3) is 10.0. The van der Waals surface area contributed by atoms with Gasteiger partial charge in [0, 0.05) is 0 Å². The van der Waals surface area contributed by atoms with Crippen molar-refractivity contribution in [3.05, 3.63) is 22.3 Å². The fraction of sp³-hybridized carbons (Fsp3) is 0.714. The zero-order valence-corrected chi connectivity index (χ0v) is 15.0. The zero-order chi connectivity index (χ0) is 13.3. The molecule has 0 aromatic heterocycles. The molecule has 0 aliphatic carbocycles. The van der Waals surface area contributed by atoms with Crippen LogP contribution in [0.1, 0.15) is 33.6 Å². The van der Waals surface area contributed by atoms with E-state index in [1.54, 1.807) is 0 Å². The standard InChI is InChI=1S/C14H27IOSi/c1-6-7-8-9-14(10-11-15)16-17(4,5)12-13(2)3/h7-8,10-11,13-14H,6,9,12H2,1-5H3/b8-7+,11-10+. The van der Waals surface area contributed by atoms with Crippen molar-refractivity contribution in [2.24, 2.45) is 5.92 Å². The van der Waals surface area contributed by atoms with Gasteiger partial charge in [-0.3, -0.25) is 0 Å². The summed E-state index contributed by atoms with van der Waals surface area (Å²) < 4.78 is 8.40. The van der Waals surface area contributed by atoms with E-state index in [9.17, 15) is 0 Å². The van der Waals surface area contributed by atoms with Crippen molar-refractivity contribution in [1.82, 2.24) is 0 Å². The van der Waals surface area contributed by atoms with Gasteiger partial charge in [-0.05, 0) is 42.0 Å². The van der Waals surface area contributed by atoms with Crippen LogP contribution in [0.2, 0.25) is 19.1 Å². The van der Waals surface area contributed by atoms with Crippen molar-refractivity contribution < 1.29 is 4.43 Å². The van der Waals surface area contributed by atoms with Gasteiger partial charge in [-0.2, -0.15) is 0 Å². The number of hydrogen-bond acceptors (Lipinski definition) is 1. The van der Waals surface area contributed by atoms with Crippen molar-refractivity contribution in [3.63, 3.8) is 0 Å². The molecule has 1 nitrogen and oxygen atoms in total. The number of halogens is 1. The molecule has 0 aliphatic rings. The van der Waals surface area contributed by atoms with Gasteiger partial charge in [0.2, 0.25) is 0 Å². The molecule has 0 aromatic rings. The molecule has 0 amide bonds. The summed E-state index contributed by atoms with van der Waals surface area (Å²) in [6.45, 7) is 11.4. The van der Waals surface area contributed by atoms with Crippen LogP contribution in [-0.2, 0) is 4.43 Å². The Balaban J connectivity index is 4.36. The molecule has 100 valence electrons. The molecule has 0 bridgehead atoms. The highest BCUT2D eigenvalue weighted by Crippen LogP contribution is 2.21. The Morgan fingerprint density at radius 2 is 1.88 bits per heavy atom. The molecule has 0 saturated carbocycles. The molecule has 0 rings (SSSR count).